The first-order valence-corrected chi connectivity index (χ1v) is 12.3. The Balaban J connectivity index is 1.88. The van der Waals surface area contributed by atoms with Gasteiger partial charge >= 0.3 is 6.03 Å². The van der Waals surface area contributed by atoms with E-state index < -0.39 is 11.8 Å². The Morgan fingerprint density at radius 3 is 2.45 bits per heavy atom. The topological polar surface area (TPSA) is 109 Å². The number of benzene rings is 2. The molecule has 10 nitrogen and oxygen atoms in total. The molecule has 0 fully saturated rings. The Hall–Kier alpha value is -3.70. The van der Waals surface area contributed by atoms with Crippen LogP contribution in [0, 0.1) is 11.7 Å². The molecule has 38 heavy (non-hydrogen) atoms. The molecule has 0 radical (unpaired) electrons. The van der Waals surface area contributed by atoms with Crippen molar-refractivity contribution in [2.75, 3.05) is 58.2 Å². The minimum atomic E-state index is -0.598. The Labute approximate surface area is 222 Å². The number of urea groups is 1. The molecule has 0 unspecified atom stereocenters. The van der Waals surface area contributed by atoms with Gasteiger partial charge in [0.15, 0.2) is 0 Å². The highest BCUT2D eigenvalue weighted by Crippen LogP contribution is 2.27. The van der Waals surface area contributed by atoms with Crippen LogP contribution in [0.25, 0.3) is 0 Å². The largest absolute Gasteiger partial charge is 0.491 e. The standard InChI is InChI=1S/C27H35FN4O6/c1-17-13-32(25(33)16-36-4)18(2)15-38-23-10-9-21(12-22(23)26(34)31(3)14-24(17)37-5)30-27(35)29-20-8-6-7-19(28)11-20/h6-12,17-18,24H,13-16H2,1-5H3,(H2,29,30,35)/t17-,18+,24-/m0/s1. The SMILES string of the molecule is COCC(=O)N1C[C@H](C)[C@@H](OC)CN(C)C(=O)c2cc(NC(=O)Nc3cccc(F)c3)ccc2OC[C@H]1C. The molecule has 3 atom stereocenters. The van der Waals surface area contributed by atoms with Gasteiger partial charge in [-0.15, -0.1) is 0 Å². The van der Waals surface area contributed by atoms with Crippen LogP contribution in [0.15, 0.2) is 42.5 Å². The Bertz CT molecular complexity index is 1150. The Morgan fingerprint density at radius 2 is 1.79 bits per heavy atom. The molecule has 0 bridgehead atoms. The predicted molar refractivity (Wildman–Crippen MR) is 141 cm³/mol. The number of hydrogen-bond donors (Lipinski definition) is 2. The lowest BCUT2D eigenvalue weighted by atomic mass is 10.0. The molecule has 4 amide bonds. The monoisotopic (exact) mass is 530 g/mol. The molecular weight excluding hydrogens is 495 g/mol. The molecule has 0 aromatic heterocycles. The number of carbonyl (C=O) groups is 3. The third kappa shape index (κ3) is 7.42. The number of rotatable bonds is 5. The van der Waals surface area contributed by atoms with Gasteiger partial charge < -0.3 is 34.6 Å². The predicted octanol–water partition coefficient (Wildman–Crippen LogP) is 3.45. The van der Waals surface area contributed by atoms with Crippen molar-refractivity contribution in [1.82, 2.24) is 9.80 Å². The summed E-state index contributed by atoms with van der Waals surface area (Å²) in [6.45, 7) is 4.59. The minimum absolute atomic E-state index is 0.0591. The van der Waals surface area contributed by atoms with E-state index in [9.17, 15) is 18.8 Å². The smallest absolute Gasteiger partial charge is 0.323 e. The summed E-state index contributed by atoms with van der Waals surface area (Å²) in [6.07, 6.45) is -0.337. The van der Waals surface area contributed by atoms with Gasteiger partial charge in [-0.25, -0.2) is 9.18 Å². The molecule has 11 heteroatoms. The molecule has 0 saturated carbocycles. The van der Waals surface area contributed by atoms with Crippen LogP contribution < -0.4 is 15.4 Å². The lowest BCUT2D eigenvalue weighted by molar-refractivity contribution is -0.139. The fraction of sp³-hybridized carbons (Fsp3) is 0.444. The first-order chi connectivity index (χ1) is 18.1. The van der Waals surface area contributed by atoms with E-state index >= 15 is 0 Å². The summed E-state index contributed by atoms with van der Waals surface area (Å²) in [5.41, 5.74) is 0.868. The number of anilines is 2. The number of halogens is 1. The summed E-state index contributed by atoms with van der Waals surface area (Å²) in [4.78, 5) is 42.0. The molecule has 3 rings (SSSR count). The summed E-state index contributed by atoms with van der Waals surface area (Å²) in [5.74, 6) is -0.739. The second-order valence-corrected chi connectivity index (χ2v) is 9.38. The van der Waals surface area contributed by atoms with Gasteiger partial charge in [-0.3, -0.25) is 9.59 Å². The molecule has 2 aromatic carbocycles. The first-order valence-electron chi connectivity index (χ1n) is 12.3. The van der Waals surface area contributed by atoms with Crippen molar-refractivity contribution in [3.05, 3.63) is 53.8 Å². The van der Waals surface area contributed by atoms with Gasteiger partial charge in [0.25, 0.3) is 5.91 Å². The molecule has 1 aliphatic heterocycles. The second kappa shape index (κ2) is 13.2. The summed E-state index contributed by atoms with van der Waals surface area (Å²) in [7, 11) is 4.70. The van der Waals surface area contributed by atoms with Crippen LogP contribution in [-0.4, -0.2) is 87.4 Å². The highest BCUT2D eigenvalue weighted by Gasteiger charge is 2.30. The number of carbonyl (C=O) groups excluding carboxylic acids is 3. The third-order valence-electron chi connectivity index (χ3n) is 6.37. The molecular formula is C27H35FN4O6. The lowest BCUT2D eigenvalue weighted by Gasteiger charge is -2.36. The van der Waals surface area contributed by atoms with E-state index in [4.69, 9.17) is 14.2 Å². The molecule has 1 aliphatic rings. The lowest BCUT2D eigenvalue weighted by Crippen LogP contribution is -2.49. The van der Waals surface area contributed by atoms with Crippen molar-refractivity contribution in [3.63, 3.8) is 0 Å². The zero-order valence-electron chi connectivity index (χ0n) is 22.3. The molecule has 2 aromatic rings. The van der Waals surface area contributed by atoms with Crippen molar-refractivity contribution in [3.8, 4) is 5.75 Å². The molecule has 0 aliphatic carbocycles. The number of nitrogens with zero attached hydrogens (tertiary/aromatic N) is 2. The molecule has 206 valence electrons. The minimum Gasteiger partial charge on any atom is -0.491 e. The van der Waals surface area contributed by atoms with Crippen molar-refractivity contribution >= 4 is 29.2 Å². The zero-order chi connectivity index (χ0) is 27.8. The van der Waals surface area contributed by atoms with E-state index in [0.29, 0.717) is 18.0 Å². The normalized spacial score (nSPS) is 20.5. The van der Waals surface area contributed by atoms with E-state index in [1.165, 1.54) is 36.3 Å². The van der Waals surface area contributed by atoms with Crippen molar-refractivity contribution in [1.29, 1.82) is 0 Å². The summed E-state index contributed by atoms with van der Waals surface area (Å²) in [5, 5.41) is 5.22. The van der Waals surface area contributed by atoms with Gasteiger partial charge in [0, 0.05) is 51.6 Å². The molecule has 0 spiro atoms. The highest BCUT2D eigenvalue weighted by atomic mass is 19.1. The number of fused-ring (bicyclic) bond motifs is 1. The number of ether oxygens (including phenoxy) is 3. The van der Waals surface area contributed by atoms with E-state index in [1.807, 2.05) is 13.8 Å². The number of methoxy groups -OCH3 is 2. The van der Waals surface area contributed by atoms with Crippen LogP contribution in [0.5, 0.6) is 5.75 Å². The third-order valence-corrected chi connectivity index (χ3v) is 6.37. The number of likely N-dealkylation sites (N-methyl/N-ethyl adjacent to an activating group) is 1. The van der Waals surface area contributed by atoms with E-state index in [2.05, 4.69) is 10.6 Å². The van der Waals surface area contributed by atoms with Crippen LogP contribution in [0.2, 0.25) is 0 Å². The molecule has 2 N–H and O–H groups in total. The first kappa shape index (κ1) is 28.9. The van der Waals surface area contributed by atoms with Crippen LogP contribution in [-0.2, 0) is 14.3 Å². The zero-order valence-corrected chi connectivity index (χ0v) is 22.3. The van der Waals surface area contributed by atoms with Gasteiger partial charge in [0.05, 0.1) is 17.7 Å². The van der Waals surface area contributed by atoms with Crippen molar-refractivity contribution in [2.24, 2.45) is 5.92 Å². The number of amides is 4. The maximum atomic E-state index is 13.5. The Morgan fingerprint density at radius 1 is 1.08 bits per heavy atom. The maximum absolute atomic E-state index is 13.5. The number of hydrogen-bond acceptors (Lipinski definition) is 6. The Kier molecular flexibility index (Phi) is 10.0. The van der Waals surface area contributed by atoms with Crippen LogP contribution in [0.4, 0.5) is 20.6 Å². The van der Waals surface area contributed by atoms with Crippen LogP contribution >= 0.6 is 0 Å². The summed E-state index contributed by atoms with van der Waals surface area (Å²) < 4.78 is 30.2. The van der Waals surface area contributed by atoms with E-state index in [0.717, 1.165) is 0 Å². The van der Waals surface area contributed by atoms with Crippen LogP contribution in [0.1, 0.15) is 24.2 Å². The van der Waals surface area contributed by atoms with Gasteiger partial charge in [-0.05, 0) is 43.3 Å². The van der Waals surface area contributed by atoms with Crippen molar-refractivity contribution in [2.45, 2.75) is 26.0 Å². The highest BCUT2D eigenvalue weighted by molar-refractivity contribution is 6.02. The summed E-state index contributed by atoms with van der Waals surface area (Å²) >= 11 is 0. The van der Waals surface area contributed by atoms with E-state index in [-0.39, 0.29) is 60.9 Å². The number of nitrogens with one attached hydrogen (secondary N) is 2. The van der Waals surface area contributed by atoms with Crippen molar-refractivity contribution < 1.29 is 33.0 Å². The van der Waals surface area contributed by atoms with Gasteiger partial charge in [-0.1, -0.05) is 13.0 Å². The van der Waals surface area contributed by atoms with Crippen LogP contribution in [0.3, 0.4) is 0 Å². The molecule has 0 saturated heterocycles. The quantitative estimate of drug-likeness (QED) is 0.613. The fourth-order valence-corrected chi connectivity index (χ4v) is 4.27. The van der Waals surface area contributed by atoms with Gasteiger partial charge in [0.1, 0.15) is 24.8 Å². The average Bonchev–Trinajstić information content (AvgIpc) is 2.88. The summed E-state index contributed by atoms with van der Waals surface area (Å²) in [6, 6.07) is 9.32. The van der Waals surface area contributed by atoms with Gasteiger partial charge in [-0.2, -0.15) is 0 Å². The molecule has 1 heterocycles. The maximum Gasteiger partial charge on any atom is 0.323 e. The fourth-order valence-electron chi connectivity index (χ4n) is 4.27. The average molecular weight is 531 g/mol. The van der Waals surface area contributed by atoms with Gasteiger partial charge in [0.2, 0.25) is 5.91 Å². The second-order valence-electron chi connectivity index (χ2n) is 9.38. The van der Waals surface area contributed by atoms with E-state index in [1.54, 1.807) is 37.3 Å².